The van der Waals surface area contributed by atoms with E-state index in [1.807, 2.05) is 6.07 Å². The number of benzene rings is 2. The van der Waals surface area contributed by atoms with Gasteiger partial charge in [-0.3, -0.25) is 4.79 Å². The summed E-state index contributed by atoms with van der Waals surface area (Å²) in [5, 5.41) is 20.5. The predicted molar refractivity (Wildman–Crippen MR) is 98.3 cm³/mol. The van der Waals surface area contributed by atoms with Crippen LogP contribution in [-0.4, -0.2) is 24.1 Å². The topological polar surface area (TPSA) is 131 Å². The largest absolute Gasteiger partial charge is 0.326 e. The number of carbonyl (C=O) groups excluding carboxylic acids is 1. The first-order valence-corrected chi connectivity index (χ1v) is 9.58. The van der Waals surface area contributed by atoms with Gasteiger partial charge >= 0.3 is 0 Å². The van der Waals surface area contributed by atoms with E-state index >= 15 is 0 Å². The van der Waals surface area contributed by atoms with Gasteiger partial charge in [-0.1, -0.05) is 6.07 Å². The molecule has 3 aromatic rings. The molecule has 3 rings (SSSR count). The molecule has 0 bridgehead atoms. The fourth-order valence-electron chi connectivity index (χ4n) is 2.56. The Morgan fingerprint density at radius 3 is 2.59 bits per heavy atom. The second-order valence-corrected chi connectivity index (χ2v) is 7.52. The van der Waals surface area contributed by atoms with E-state index in [1.54, 1.807) is 0 Å². The smallest absolute Gasteiger partial charge is 0.240 e. The molecule has 0 aliphatic rings. The molecule has 29 heavy (non-hydrogen) atoms. The predicted octanol–water partition coefficient (Wildman–Crippen LogP) is 1.85. The van der Waals surface area contributed by atoms with Gasteiger partial charge in [0.15, 0.2) is 11.6 Å². The van der Waals surface area contributed by atoms with Crippen molar-refractivity contribution in [2.24, 2.45) is 5.14 Å². The Labute approximate surface area is 164 Å². The second kappa shape index (κ2) is 7.78. The highest BCUT2D eigenvalue weighted by Gasteiger charge is 2.18. The third kappa shape index (κ3) is 4.63. The number of carbonyl (C=O) groups is 1. The Hall–Kier alpha value is -3.62. The molecule has 0 saturated heterocycles. The highest BCUT2D eigenvalue weighted by atomic mass is 32.2. The van der Waals surface area contributed by atoms with Gasteiger partial charge in [0.05, 0.1) is 23.9 Å². The molecule has 2 aromatic carbocycles. The first-order chi connectivity index (χ1) is 13.7. The van der Waals surface area contributed by atoms with E-state index in [-0.39, 0.29) is 33.8 Å². The van der Waals surface area contributed by atoms with Gasteiger partial charge in [-0.15, -0.1) is 0 Å². The number of hydrogen-bond donors (Lipinski definition) is 2. The minimum Gasteiger partial charge on any atom is -0.326 e. The van der Waals surface area contributed by atoms with Crippen molar-refractivity contribution >= 4 is 21.6 Å². The Morgan fingerprint density at radius 2 is 1.97 bits per heavy atom. The average molecular weight is 417 g/mol. The molecule has 0 aliphatic carbocycles. The Kier molecular flexibility index (Phi) is 5.40. The number of rotatable bonds is 5. The lowest BCUT2D eigenvalue weighted by Gasteiger charge is -2.11. The van der Waals surface area contributed by atoms with Crippen LogP contribution in [0.3, 0.4) is 0 Å². The summed E-state index contributed by atoms with van der Waals surface area (Å²) in [7, 11) is -4.19. The monoisotopic (exact) mass is 417 g/mol. The number of nitriles is 1. The van der Waals surface area contributed by atoms with E-state index < -0.39 is 27.6 Å². The molecule has 1 aromatic heterocycles. The van der Waals surface area contributed by atoms with Crippen molar-refractivity contribution in [1.29, 1.82) is 5.26 Å². The van der Waals surface area contributed by atoms with Crippen LogP contribution < -0.4 is 10.5 Å². The van der Waals surface area contributed by atoms with Crippen LogP contribution in [0.15, 0.2) is 53.7 Å². The molecular formula is C18H13F2N5O3S. The summed E-state index contributed by atoms with van der Waals surface area (Å²) >= 11 is 0. The van der Waals surface area contributed by atoms with Crippen LogP contribution in [0, 0.1) is 23.0 Å². The summed E-state index contributed by atoms with van der Waals surface area (Å²) in [5.74, 6) is -2.68. The van der Waals surface area contributed by atoms with E-state index in [2.05, 4.69) is 10.4 Å². The van der Waals surface area contributed by atoms with E-state index in [0.717, 1.165) is 18.2 Å². The van der Waals surface area contributed by atoms with Gasteiger partial charge in [0.25, 0.3) is 0 Å². The van der Waals surface area contributed by atoms with Crippen LogP contribution in [0.2, 0.25) is 0 Å². The lowest BCUT2D eigenvalue weighted by atomic mass is 10.1. The lowest BCUT2D eigenvalue weighted by Crippen LogP contribution is -2.18. The van der Waals surface area contributed by atoms with E-state index in [0.29, 0.717) is 0 Å². The number of nitrogens with two attached hydrogens (primary N) is 1. The summed E-state index contributed by atoms with van der Waals surface area (Å²) < 4.78 is 51.4. The van der Waals surface area contributed by atoms with Crippen LogP contribution in [0.5, 0.6) is 0 Å². The molecule has 1 amide bonds. The molecule has 0 atom stereocenters. The molecule has 0 radical (unpaired) electrons. The van der Waals surface area contributed by atoms with Crippen LogP contribution in [-0.2, 0) is 21.2 Å². The van der Waals surface area contributed by atoms with Crippen LogP contribution >= 0.6 is 0 Å². The molecule has 1 heterocycles. The summed E-state index contributed by atoms with van der Waals surface area (Å²) in [5.41, 5.74) is 0.671. The Morgan fingerprint density at radius 1 is 1.21 bits per heavy atom. The van der Waals surface area contributed by atoms with Crippen molar-refractivity contribution < 1.29 is 22.0 Å². The molecule has 0 aliphatic heterocycles. The molecule has 148 valence electrons. The standard InChI is InChI=1S/C18H13F2N5O3S/c19-14-3-1-11(5-15(14)20)6-18(26)24-13-2-4-16(17(7-13)29(22,27)28)25-10-12(8-21)9-23-25/h1-5,7,9-10H,6H2,(H,24,26)(H2,22,27,28). The van der Waals surface area contributed by atoms with E-state index in [1.165, 1.54) is 35.3 Å². The maximum absolute atomic E-state index is 13.3. The number of hydrogen-bond acceptors (Lipinski definition) is 5. The second-order valence-electron chi connectivity index (χ2n) is 5.99. The first kappa shape index (κ1) is 20.1. The SMILES string of the molecule is N#Cc1cnn(-c2ccc(NC(=O)Cc3ccc(F)c(F)c3)cc2S(N)(=O)=O)c1. The number of primary sulfonamides is 1. The zero-order valence-electron chi connectivity index (χ0n) is 14.6. The zero-order chi connectivity index (χ0) is 21.2. The minimum absolute atomic E-state index is 0.0904. The Balaban J connectivity index is 1.87. The number of amides is 1. The number of aromatic nitrogens is 2. The van der Waals surface area contributed by atoms with Crippen molar-refractivity contribution in [3.8, 4) is 11.8 Å². The number of nitrogens with zero attached hydrogens (tertiary/aromatic N) is 3. The first-order valence-electron chi connectivity index (χ1n) is 8.03. The quantitative estimate of drug-likeness (QED) is 0.654. The maximum atomic E-state index is 13.3. The average Bonchev–Trinajstić information content (AvgIpc) is 3.13. The van der Waals surface area contributed by atoms with Crippen molar-refractivity contribution in [1.82, 2.24) is 9.78 Å². The number of nitrogens with one attached hydrogen (secondary N) is 1. The van der Waals surface area contributed by atoms with Gasteiger partial charge in [0, 0.05) is 11.9 Å². The van der Waals surface area contributed by atoms with Crippen LogP contribution in [0.4, 0.5) is 14.5 Å². The molecular weight excluding hydrogens is 404 g/mol. The third-order valence-electron chi connectivity index (χ3n) is 3.86. The van der Waals surface area contributed by atoms with E-state index in [4.69, 9.17) is 10.4 Å². The van der Waals surface area contributed by atoms with Crippen LogP contribution in [0.1, 0.15) is 11.1 Å². The van der Waals surface area contributed by atoms with Gasteiger partial charge in [-0.25, -0.2) is 27.0 Å². The number of halogens is 2. The highest BCUT2D eigenvalue weighted by molar-refractivity contribution is 7.89. The van der Waals surface area contributed by atoms with Crippen LogP contribution in [0.25, 0.3) is 5.69 Å². The summed E-state index contributed by atoms with van der Waals surface area (Å²) in [4.78, 5) is 11.9. The summed E-state index contributed by atoms with van der Waals surface area (Å²) in [6, 6.07) is 8.87. The molecule has 0 unspecified atom stereocenters. The van der Waals surface area contributed by atoms with Crippen molar-refractivity contribution in [3.05, 3.63) is 71.6 Å². The maximum Gasteiger partial charge on any atom is 0.240 e. The molecule has 8 nitrogen and oxygen atoms in total. The fourth-order valence-corrected chi connectivity index (χ4v) is 3.31. The lowest BCUT2D eigenvalue weighted by molar-refractivity contribution is -0.115. The van der Waals surface area contributed by atoms with Gasteiger partial charge < -0.3 is 5.32 Å². The molecule has 3 N–H and O–H groups in total. The van der Waals surface area contributed by atoms with E-state index in [9.17, 15) is 22.0 Å². The van der Waals surface area contributed by atoms with Gasteiger partial charge in [-0.05, 0) is 35.9 Å². The van der Waals surface area contributed by atoms with Gasteiger partial charge in [0.1, 0.15) is 11.0 Å². The van der Waals surface area contributed by atoms with Gasteiger partial charge in [0.2, 0.25) is 15.9 Å². The number of anilines is 1. The Bertz CT molecular complexity index is 1250. The summed E-state index contributed by atoms with van der Waals surface area (Å²) in [6.45, 7) is 0. The van der Waals surface area contributed by atoms with Crippen molar-refractivity contribution in [2.75, 3.05) is 5.32 Å². The number of sulfonamides is 1. The molecule has 0 saturated carbocycles. The zero-order valence-corrected chi connectivity index (χ0v) is 15.5. The van der Waals surface area contributed by atoms with Gasteiger partial charge in [-0.2, -0.15) is 10.4 Å². The fraction of sp³-hybridized carbons (Fsp3) is 0.0556. The van der Waals surface area contributed by atoms with Crippen molar-refractivity contribution in [3.63, 3.8) is 0 Å². The summed E-state index contributed by atoms with van der Waals surface area (Å²) in [6.07, 6.45) is 2.32. The van der Waals surface area contributed by atoms with Crippen molar-refractivity contribution in [2.45, 2.75) is 11.3 Å². The molecule has 11 heteroatoms. The normalized spacial score (nSPS) is 11.1. The highest BCUT2D eigenvalue weighted by Crippen LogP contribution is 2.23. The molecule has 0 fully saturated rings. The molecule has 0 spiro atoms. The third-order valence-corrected chi connectivity index (χ3v) is 4.80. The minimum atomic E-state index is -4.19.